The normalized spacial score (nSPS) is 11.2. The van der Waals surface area contributed by atoms with Gasteiger partial charge in [-0.15, -0.1) is 0 Å². The molecule has 0 bridgehead atoms. The highest BCUT2D eigenvalue weighted by Gasteiger charge is 2.08. The molecule has 3 aromatic rings. The van der Waals surface area contributed by atoms with Gasteiger partial charge in [0.05, 0.1) is 11.0 Å². The lowest BCUT2D eigenvalue weighted by molar-refractivity contribution is 1.05. The van der Waals surface area contributed by atoms with Gasteiger partial charge in [-0.25, -0.2) is 14.8 Å². The second-order valence-electron chi connectivity index (χ2n) is 3.92. The third kappa shape index (κ3) is 1.58. The molecule has 0 radical (unpaired) electrons. The number of rotatable bonds is 0. The molecule has 1 aromatic carbocycles. The zero-order valence-corrected chi connectivity index (χ0v) is 10.00. The standard InChI is InChI=1S/C11H7ClN4O2/c1-4-2-6-7(3-5(4)12)14-9-8(13-6)10(17)16-11(18)15-9/h2-3H,1H3,(H2,14,15,16,17,18). The van der Waals surface area contributed by atoms with Crippen LogP contribution >= 0.6 is 11.6 Å². The van der Waals surface area contributed by atoms with E-state index in [1.165, 1.54) is 0 Å². The fourth-order valence-electron chi connectivity index (χ4n) is 1.73. The fourth-order valence-corrected chi connectivity index (χ4v) is 1.89. The molecule has 0 aliphatic carbocycles. The Kier molecular flexibility index (Phi) is 2.21. The van der Waals surface area contributed by atoms with E-state index in [1.807, 2.05) is 6.92 Å². The molecule has 0 saturated heterocycles. The number of H-pyrrole nitrogens is 2. The van der Waals surface area contributed by atoms with Gasteiger partial charge in [0, 0.05) is 5.02 Å². The first kappa shape index (κ1) is 10.9. The Bertz CT molecular complexity index is 897. The summed E-state index contributed by atoms with van der Waals surface area (Å²) in [4.78, 5) is 35.6. The minimum atomic E-state index is -0.612. The summed E-state index contributed by atoms with van der Waals surface area (Å²) in [5.74, 6) is 0. The largest absolute Gasteiger partial charge is 0.327 e. The Labute approximate surface area is 105 Å². The summed E-state index contributed by atoms with van der Waals surface area (Å²) in [5.41, 5.74) is 1.01. The molecule has 0 fully saturated rings. The first-order valence-electron chi connectivity index (χ1n) is 5.15. The maximum atomic E-state index is 11.6. The molecule has 2 heterocycles. The third-order valence-electron chi connectivity index (χ3n) is 2.62. The number of aryl methyl sites for hydroxylation is 1. The molecule has 0 saturated carbocycles. The van der Waals surface area contributed by atoms with Gasteiger partial charge in [0.25, 0.3) is 5.56 Å². The van der Waals surface area contributed by atoms with E-state index in [2.05, 4.69) is 19.9 Å². The van der Waals surface area contributed by atoms with E-state index in [0.29, 0.717) is 16.1 Å². The predicted molar refractivity (Wildman–Crippen MR) is 68.0 cm³/mol. The molecular formula is C11H7ClN4O2. The SMILES string of the molecule is Cc1cc2nc3c(=O)[nH]c(=O)[nH]c3nc2cc1Cl. The third-order valence-corrected chi connectivity index (χ3v) is 3.03. The highest BCUT2D eigenvalue weighted by molar-refractivity contribution is 6.32. The van der Waals surface area contributed by atoms with E-state index in [-0.39, 0.29) is 11.2 Å². The molecule has 2 N–H and O–H groups in total. The molecule has 0 aliphatic heterocycles. The monoisotopic (exact) mass is 262 g/mol. The smallest absolute Gasteiger partial charge is 0.290 e. The van der Waals surface area contributed by atoms with Crippen molar-refractivity contribution >= 4 is 33.8 Å². The van der Waals surface area contributed by atoms with Gasteiger partial charge in [0.2, 0.25) is 0 Å². The summed E-state index contributed by atoms with van der Waals surface area (Å²) in [5, 5.41) is 0.559. The summed E-state index contributed by atoms with van der Waals surface area (Å²) in [6.07, 6.45) is 0. The first-order chi connectivity index (χ1) is 8.54. The summed E-state index contributed by atoms with van der Waals surface area (Å²) in [6.45, 7) is 1.84. The molecule has 7 heteroatoms. The topological polar surface area (TPSA) is 91.5 Å². The van der Waals surface area contributed by atoms with E-state index in [0.717, 1.165) is 5.56 Å². The number of hydrogen-bond acceptors (Lipinski definition) is 4. The molecule has 0 aliphatic rings. The lowest BCUT2D eigenvalue weighted by Gasteiger charge is -2.02. The summed E-state index contributed by atoms with van der Waals surface area (Å²) >= 11 is 5.99. The van der Waals surface area contributed by atoms with Gasteiger partial charge in [0.1, 0.15) is 0 Å². The van der Waals surface area contributed by atoms with Crippen LogP contribution in [-0.4, -0.2) is 19.9 Å². The van der Waals surface area contributed by atoms with Crippen LogP contribution in [0.4, 0.5) is 0 Å². The molecule has 0 atom stereocenters. The van der Waals surface area contributed by atoms with Crippen molar-refractivity contribution in [3.05, 3.63) is 43.6 Å². The summed E-state index contributed by atoms with van der Waals surface area (Å²) in [7, 11) is 0. The van der Waals surface area contributed by atoms with Crippen molar-refractivity contribution in [3.63, 3.8) is 0 Å². The second kappa shape index (κ2) is 3.64. The van der Waals surface area contributed by atoms with Crippen molar-refractivity contribution in [2.45, 2.75) is 6.92 Å². The van der Waals surface area contributed by atoms with Gasteiger partial charge < -0.3 is 0 Å². The van der Waals surface area contributed by atoms with Crippen molar-refractivity contribution < 1.29 is 0 Å². The van der Waals surface area contributed by atoms with Crippen LogP contribution < -0.4 is 11.2 Å². The van der Waals surface area contributed by atoms with Crippen molar-refractivity contribution in [2.24, 2.45) is 0 Å². The lowest BCUT2D eigenvalue weighted by atomic mass is 10.2. The van der Waals surface area contributed by atoms with Crippen LogP contribution in [-0.2, 0) is 0 Å². The quantitative estimate of drug-likeness (QED) is 0.594. The maximum absolute atomic E-state index is 11.6. The van der Waals surface area contributed by atoms with Gasteiger partial charge >= 0.3 is 5.69 Å². The van der Waals surface area contributed by atoms with Crippen LogP contribution in [0.25, 0.3) is 22.2 Å². The number of fused-ring (bicyclic) bond motifs is 2. The lowest BCUT2D eigenvalue weighted by Crippen LogP contribution is -2.23. The van der Waals surface area contributed by atoms with Gasteiger partial charge in [-0.2, -0.15) is 0 Å². The van der Waals surface area contributed by atoms with Crippen molar-refractivity contribution in [1.82, 2.24) is 19.9 Å². The number of benzene rings is 1. The van der Waals surface area contributed by atoms with Crippen molar-refractivity contribution in [1.29, 1.82) is 0 Å². The molecule has 0 spiro atoms. The summed E-state index contributed by atoms with van der Waals surface area (Å²) < 4.78 is 0. The molecule has 2 aromatic heterocycles. The minimum Gasteiger partial charge on any atom is -0.290 e. The molecule has 6 nitrogen and oxygen atoms in total. The molecule has 0 amide bonds. The van der Waals surface area contributed by atoms with E-state index in [9.17, 15) is 9.59 Å². The average Bonchev–Trinajstić information content (AvgIpc) is 2.29. The van der Waals surface area contributed by atoms with E-state index >= 15 is 0 Å². The Morgan fingerprint density at radius 2 is 1.83 bits per heavy atom. The van der Waals surface area contributed by atoms with Gasteiger partial charge in [-0.3, -0.25) is 14.8 Å². The maximum Gasteiger partial charge on any atom is 0.327 e. The number of hydrogen-bond donors (Lipinski definition) is 2. The van der Waals surface area contributed by atoms with Crippen molar-refractivity contribution in [3.8, 4) is 0 Å². The Morgan fingerprint density at radius 3 is 2.61 bits per heavy atom. The zero-order chi connectivity index (χ0) is 12.9. The number of nitrogens with zero attached hydrogens (tertiary/aromatic N) is 2. The second-order valence-corrected chi connectivity index (χ2v) is 4.33. The highest BCUT2D eigenvalue weighted by Crippen LogP contribution is 2.21. The Balaban J connectivity index is 2.55. The van der Waals surface area contributed by atoms with Crippen LogP contribution in [0.3, 0.4) is 0 Å². The molecular weight excluding hydrogens is 256 g/mol. The van der Waals surface area contributed by atoms with Crippen LogP contribution in [0.15, 0.2) is 21.7 Å². The van der Waals surface area contributed by atoms with E-state index < -0.39 is 11.2 Å². The van der Waals surface area contributed by atoms with E-state index in [1.54, 1.807) is 12.1 Å². The van der Waals surface area contributed by atoms with Crippen LogP contribution in [0, 0.1) is 6.92 Å². The Morgan fingerprint density at radius 1 is 1.11 bits per heavy atom. The first-order valence-corrected chi connectivity index (χ1v) is 5.52. The van der Waals surface area contributed by atoms with Gasteiger partial charge in [-0.1, -0.05) is 11.6 Å². The average molecular weight is 263 g/mol. The van der Waals surface area contributed by atoms with E-state index in [4.69, 9.17) is 11.6 Å². The molecule has 0 unspecified atom stereocenters. The van der Waals surface area contributed by atoms with Crippen LogP contribution in [0.1, 0.15) is 5.56 Å². The Hall–Kier alpha value is -2.21. The van der Waals surface area contributed by atoms with Crippen LogP contribution in [0.2, 0.25) is 5.02 Å². The molecule has 3 rings (SSSR count). The molecule has 18 heavy (non-hydrogen) atoms. The van der Waals surface area contributed by atoms with Crippen LogP contribution in [0.5, 0.6) is 0 Å². The fraction of sp³-hybridized carbons (Fsp3) is 0.0909. The van der Waals surface area contributed by atoms with Gasteiger partial charge in [-0.05, 0) is 24.6 Å². The number of nitrogens with one attached hydrogen (secondary N) is 2. The summed E-state index contributed by atoms with van der Waals surface area (Å²) in [6, 6.07) is 3.40. The van der Waals surface area contributed by atoms with Gasteiger partial charge in [0.15, 0.2) is 11.2 Å². The zero-order valence-electron chi connectivity index (χ0n) is 9.24. The number of halogens is 1. The minimum absolute atomic E-state index is 0.101. The number of aromatic amines is 2. The van der Waals surface area contributed by atoms with Crippen molar-refractivity contribution in [2.75, 3.05) is 0 Å². The highest BCUT2D eigenvalue weighted by atomic mass is 35.5. The number of aromatic nitrogens is 4. The molecule has 90 valence electrons. The predicted octanol–water partition coefficient (Wildman–Crippen LogP) is 1.12.